The maximum absolute atomic E-state index is 12.5. The molecule has 1 aliphatic carbocycles. The molecule has 0 spiro atoms. The van der Waals surface area contributed by atoms with E-state index in [0.717, 1.165) is 37.2 Å². The summed E-state index contributed by atoms with van der Waals surface area (Å²) in [5.41, 5.74) is 1.88. The van der Waals surface area contributed by atoms with Crippen molar-refractivity contribution in [2.45, 2.75) is 71.6 Å². The first-order valence-corrected chi connectivity index (χ1v) is 10.8. The summed E-state index contributed by atoms with van der Waals surface area (Å²) in [4.78, 5) is 13.8. The van der Waals surface area contributed by atoms with Gasteiger partial charge in [0.1, 0.15) is 5.00 Å². The summed E-state index contributed by atoms with van der Waals surface area (Å²) >= 11 is 7.09. The molecule has 0 saturated heterocycles. The van der Waals surface area contributed by atoms with Gasteiger partial charge in [-0.05, 0) is 56.8 Å². The largest absolute Gasteiger partial charge is 0.462 e. The van der Waals surface area contributed by atoms with E-state index in [1.165, 1.54) is 42.5 Å². The Kier molecular flexibility index (Phi) is 8.68. The van der Waals surface area contributed by atoms with Crippen molar-refractivity contribution in [3.05, 3.63) is 16.0 Å². The Bertz CT molecular complexity index is 584. The third kappa shape index (κ3) is 5.96. The smallest absolute Gasteiger partial charge is 0.341 e. The highest BCUT2D eigenvalue weighted by Crippen LogP contribution is 2.38. The maximum atomic E-state index is 12.5. The van der Waals surface area contributed by atoms with Crippen LogP contribution in [0, 0.1) is 0 Å². The van der Waals surface area contributed by atoms with E-state index in [-0.39, 0.29) is 5.97 Å². The third-order valence-electron chi connectivity index (χ3n) is 4.44. The third-order valence-corrected chi connectivity index (χ3v) is 5.90. The lowest BCUT2D eigenvalue weighted by molar-refractivity contribution is 0.0527. The molecule has 0 fully saturated rings. The van der Waals surface area contributed by atoms with Gasteiger partial charge in [0, 0.05) is 11.4 Å². The Morgan fingerprint density at radius 3 is 2.72 bits per heavy atom. The number of aryl methyl sites for hydroxylation is 1. The molecule has 0 atom stereocenters. The Balaban J connectivity index is 2.05. The van der Waals surface area contributed by atoms with Crippen LogP contribution in [0.1, 0.15) is 79.6 Å². The average molecular weight is 383 g/mol. The summed E-state index contributed by atoms with van der Waals surface area (Å²) in [6, 6.07) is 0. The summed E-state index contributed by atoms with van der Waals surface area (Å²) in [5, 5.41) is 7.95. The van der Waals surface area contributed by atoms with Crippen molar-refractivity contribution in [1.29, 1.82) is 0 Å². The minimum atomic E-state index is -0.227. The molecule has 0 radical (unpaired) electrons. The second kappa shape index (κ2) is 10.8. The first kappa shape index (κ1) is 20.2. The first-order valence-electron chi connectivity index (χ1n) is 9.53. The van der Waals surface area contributed by atoms with Crippen molar-refractivity contribution in [3.63, 3.8) is 0 Å². The topological polar surface area (TPSA) is 50.4 Å². The van der Waals surface area contributed by atoms with Gasteiger partial charge in [0.05, 0.1) is 12.2 Å². The molecule has 0 aliphatic heterocycles. The number of hydrogen-bond acceptors (Lipinski definition) is 4. The van der Waals surface area contributed by atoms with E-state index in [2.05, 4.69) is 17.6 Å². The Morgan fingerprint density at radius 1 is 1.16 bits per heavy atom. The van der Waals surface area contributed by atoms with Crippen LogP contribution in [-0.4, -0.2) is 24.2 Å². The fourth-order valence-electron chi connectivity index (χ4n) is 3.15. The second-order valence-electron chi connectivity index (χ2n) is 6.43. The van der Waals surface area contributed by atoms with Crippen LogP contribution in [0.15, 0.2) is 0 Å². The minimum Gasteiger partial charge on any atom is -0.462 e. The van der Waals surface area contributed by atoms with Gasteiger partial charge in [-0.15, -0.1) is 11.3 Å². The van der Waals surface area contributed by atoms with Crippen molar-refractivity contribution in [3.8, 4) is 0 Å². The number of thiophene rings is 1. The lowest BCUT2D eigenvalue weighted by Gasteiger charge is -2.11. The predicted octanol–water partition coefficient (Wildman–Crippen LogP) is 5.06. The van der Waals surface area contributed by atoms with Gasteiger partial charge in [0.2, 0.25) is 0 Å². The Morgan fingerprint density at radius 2 is 1.96 bits per heavy atom. The minimum absolute atomic E-state index is 0.227. The summed E-state index contributed by atoms with van der Waals surface area (Å²) < 4.78 is 5.30. The lowest BCUT2D eigenvalue weighted by Crippen LogP contribution is -2.29. The number of carbonyl (C=O) groups is 1. The van der Waals surface area contributed by atoms with Crippen LogP contribution in [0.5, 0.6) is 0 Å². The fourth-order valence-corrected chi connectivity index (χ4v) is 4.70. The second-order valence-corrected chi connectivity index (χ2v) is 7.94. The molecular formula is C19H30N2O2S2. The van der Waals surface area contributed by atoms with Crippen LogP contribution in [0.3, 0.4) is 0 Å². The van der Waals surface area contributed by atoms with Crippen LogP contribution in [0.4, 0.5) is 5.00 Å². The SMILES string of the molecule is CCCCCCNC(=S)Nc1sc2c(c1C(=O)OCC)CCCCC2. The standard InChI is InChI=1S/C19H30N2O2S2/c1-3-5-6-10-13-20-19(24)21-17-16(18(22)23-4-2)14-11-8-7-9-12-15(14)25-17/h3-13H2,1-2H3,(H2,20,21,24). The summed E-state index contributed by atoms with van der Waals surface area (Å²) in [6.07, 6.45) is 10.4. The molecule has 25 heavy (non-hydrogen) atoms. The molecule has 6 heteroatoms. The molecule has 4 nitrogen and oxygen atoms in total. The molecule has 2 rings (SSSR count). The summed E-state index contributed by atoms with van der Waals surface area (Å²) in [6.45, 7) is 5.31. The van der Waals surface area contributed by atoms with E-state index in [0.29, 0.717) is 17.3 Å². The highest BCUT2D eigenvalue weighted by Gasteiger charge is 2.26. The zero-order chi connectivity index (χ0) is 18.1. The van der Waals surface area contributed by atoms with Crippen LogP contribution in [0.2, 0.25) is 0 Å². The number of nitrogens with one attached hydrogen (secondary N) is 2. The number of unbranched alkanes of at least 4 members (excludes halogenated alkanes) is 3. The monoisotopic (exact) mass is 382 g/mol. The number of anilines is 1. The normalized spacial score (nSPS) is 13.7. The zero-order valence-corrected chi connectivity index (χ0v) is 17.0. The number of carbonyl (C=O) groups excluding carboxylic acids is 1. The molecule has 0 bridgehead atoms. The molecule has 2 N–H and O–H groups in total. The molecule has 1 aliphatic rings. The number of esters is 1. The molecule has 1 heterocycles. The highest BCUT2D eigenvalue weighted by atomic mass is 32.1. The highest BCUT2D eigenvalue weighted by molar-refractivity contribution is 7.80. The van der Waals surface area contributed by atoms with E-state index < -0.39 is 0 Å². The predicted molar refractivity (Wildman–Crippen MR) is 110 cm³/mol. The average Bonchev–Trinajstić information content (AvgIpc) is 2.75. The summed E-state index contributed by atoms with van der Waals surface area (Å²) in [5.74, 6) is -0.227. The number of thiocarbonyl (C=S) groups is 1. The van der Waals surface area contributed by atoms with E-state index in [9.17, 15) is 4.79 Å². The Hall–Kier alpha value is -1.14. The van der Waals surface area contributed by atoms with Gasteiger partial charge in [-0.3, -0.25) is 0 Å². The van der Waals surface area contributed by atoms with Crippen molar-refractivity contribution in [2.24, 2.45) is 0 Å². The van der Waals surface area contributed by atoms with Crippen molar-refractivity contribution in [2.75, 3.05) is 18.5 Å². The number of hydrogen-bond donors (Lipinski definition) is 2. The van der Waals surface area contributed by atoms with Crippen LogP contribution < -0.4 is 10.6 Å². The van der Waals surface area contributed by atoms with Gasteiger partial charge in [-0.25, -0.2) is 4.79 Å². The fraction of sp³-hybridized carbons (Fsp3) is 0.684. The summed E-state index contributed by atoms with van der Waals surface area (Å²) in [7, 11) is 0. The van der Waals surface area contributed by atoms with E-state index in [1.807, 2.05) is 6.92 Å². The van der Waals surface area contributed by atoms with E-state index >= 15 is 0 Å². The Labute approximate surface area is 160 Å². The maximum Gasteiger partial charge on any atom is 0.341 e. The number of ether oxygens (including phenoxy) is 1. The van der Waals surface area contributed by atoms with Crippen LogP contribution in [-0.2, 0) is 17.6 Å². The molecular weight excluding hydrogens is 352 g/mol. The van der Waals surface area contributed by atoms with Gasteiger partial charge in [-0.2, -0.15) is 0 Å². The number of rotatable bonds is 8. The molecule has 0 aromatic carbocycles. The first-order chi connectivity index (χ1) is 12.2. The molecule has 0 saturated carbocycles. The molecule has 1 aromatic heterocycles. The molecule has 0 unspecified atom stereocenters. The van der Waals surface area contributed by atoms with Crippen molar-refractivity contribution < 1.29 is 9.53 Å². The zero-order valence-electron chi connectivity index (χ0n) is 15.4. The van der Waals surface area contributed by atoms with Crippen molar-refractivity contribution >= 4 is 39.6 Å². The van der Waals surface area contributed by atoms with E-state index in [1.54, 1.807) is 11.3 Å². The lowest BCUT2D eigenvalue weighted by atomic mass is 10.1. The van der Waals surface area contributed by atoms with E-state index in [4.69, 9.17) is 17.0 Å². The van der Waals surface area contributed by atoms with Crippen molar-refractivity contribution in [1.82, 2.24) is 5.32 Å². The van der Waals surface area contributed by atoms with Gasteiger partial charge in [0.15, 0.2) is 5.11 Å². The van der Waals surface area contributed by atoms with Gasteiger partial charge in [0.25, 0.3) is 0 Å². The quantitative estimate of drug-likeness (QED) is 0.285. The van der Waals surface area contributed by atoms with Crippen LogP contribution in [0.25, 0.3) is 0 Å². The molecule has 1 aromatic rings. The van der Waals surface area contributed by atoms with Crippen LogP contribution >= 0.6 is 23.6 Å². The molecule has 140 valence electrons. The molecule has 0 amide bonds. The van der Waals surface area contributed by atoms with Gasteiger partial charge < -0.3 is 15.4 Å². The van der Waals surface area contributed by atoms with Gasteiger partial charge >= 0.3 is 5.97 Å². The van der Waals surface area contributed by atoms with Gasteiger partial charge in [-0.1, -0.05) is 32.6 Å². The number of fused-ring (bicyclic) bond motifs is 1.